The van der Waals surface area contributed by atoms with Gasteiger partial charge in [-0.05, 0) is 0 Å². The van der Waals surface area contributed by atoms with E-state index in [1.165, 1.54) is 0 Å². The maximum atomic E-state index is 5.02. The summed E-state index contributed by atoms with van der Waals surface area (Å²) in [5.41, 5.74) is 6.45. The summed E-state index contributed by atoms with van der Waals surface area (Å²) in [7, 11) is 0. The number of nitrogens with zero attached hydrogens (tertiary/aromatic N) is 6. The molecule has 186 valence electrons. The summed E-state index contributed by atoms with van der Waals surface area (Å²) in [5, 5.41) is 3.82. The average molecular weight is 587 g/mol. The molecule has 9 rings (SSSR count). The summed E-state index contributed by atoms with van der Waals surface area (Å²) >= 11 is 0. The number of aromatic amines is 2. The van der Waals surface area contributed by atoms with Crippen molar-refractivity contribution < 1.29 is 0 Å². The van der Waals surface area contributed by atoms with Gasteiger partial charge in [0, 0.05) is 43.8 Å². The first kappa shape index (κ1) is 23.7. The van der Waals surface area contributed by atoms with Crippen molar-refractivity contribution in [2.24, 2.45) is 0 Å². The summed E-state index contributed by atoms with van der Waals surface area (Å²) < 4.78 is 0. The first-order valence-electron chi connectivity index (χ1n) is 13.0. The van der Waals surface area contributed by atoms with Crippen LogP contribution in [0.15, 0.2) is 97.1 Å². The van der Waals surface area contributed by atoms with E-state index in [1.54, 1.807) is 0 Å². The molecule has 0 unspecified atom stereocenters. The molecule has 4 aromatic carbocycles. The Labute approximate surface area is 243 Å². The molecule has 0 saturated carbocycles. The van der Waals surface area contributed by atoms with E-state index >= 15 is 0 Å². The molecule has 7 aromatic rings. The molecule has 0 spiro atoms. The predicted octanol–water partition coefficient (Wildman–Crippen LogP) is 6.49. The minimum absolute atomic E-state index is 0. The molecule has 5 heterocycles. The van der Waals surface area contributed by atoms with Gasteiger partial charge in [0.1, 0.15) is 22.6 Å². The fourth-order valence-corrected chi connectivity index (χ4v) is 5.59. The van der Waals surface area contributed by atoms with Crippen molar-refractivity contribution in [1.82, 2.24) is 39.9 Å². The predicted molar refractivity (Wildman–Crippen MR) is 162 cm³/mol. The molecule has 0 aliphatic carbocycles. The van der Waals surface area contributed by atoms with Crippen molar-refractivity contribution in [2.45, 2.75) is 0 Å². The van der Waals surface area contributed by atoms with E-state index in [0.29, 0.717) is 45.9 Å². The first-order valence-corrected chi connectivity index (χ1v) is 13.0. The molecule has 8 nitrogen and oxygen atoms in total. The maximum Gasteiger partial charge on any atom is 4.00 e. The molecule has 3 aromatic heterocycles. The van der Waals surface area contributed by atoms with E-state index in [1.807, 2.05) is 97.1 Å². The Hall–Kier alpha value is -5.22. The molecule has 0 atom stereocenters. The summed E-state index contributed by atoms with van der Waals surface area (Å²) in [6, 6.07) is 32.2. The smallest absolute Gasteiger partial charge is 0.324 e. The fourth-order valence-electron chi connectivity index (χ4n) is 5.59. The number of benzene rings is 4. The van der Waals surface area contributed by atoms with Crippen LogP contribution in [0, 0.1) is 0 Å². The standard InChI is InChI=1S/C32H18N8.Ge/c1-2-10-18-17(9-1)25-33-26(18)38-28-21-13-5-6-14-22(21)30(35-28)40-32-24-16-8-7-15-23(24)31(36-32)39-29-20-12-4-3-11-19(20)27(34-29)37-25;/h1-16H,(H2,33,34,35,36,37,38,39,40);/q;+4. The summed E-state index contributed by atoms with van der Waals surface area (Å²) in [6.07, 6.45) is 0. The van der Waals surface area contributed by atoms with Gasteiger partial charge in [-0.3, -0.25) is 0 Å². The van der Waals surface area contributed by atoms with Crippen LogP contribution in [0.5, 0.6) is 0 Å². The van der Waals surface area contributed by atoms with Crippen molar-refractivity contribution in [3.63, 3.8) is 0 Å². The van der Waals surface area contributed by atoms with Gasteiger partial charge in [-0.15, -0.1) is 0 Å². The number of hydrogen-bond acceptors (Lipinski definition) is 6. The van der Waals surface area contributed by atoms with Crippen LogP contribution in [0.4, 0.5) is 0 Å². The van der Waals surface area contributed by atoms with Crippen LogP contribution in [0.2, 0.25) is 0 Å². The van der Waals surface area contributed by atoms with Gasteiger partial charge in [0.25, 0.3) is 0 Å². The third-order valence-electron chi connectivity index (χ3n) is 7.46. The molecule has 0 fully saturated rings. The fraction of sp³-hybridized carbons (Fsp3) is 0. The zero-order valence-corrected chi connectivity index (χ0v) is 23.5. The van der Waals surface area contributed by atoms with Gasteiger partial charge >= 0.3 is 17.6 Å². The first-order chi connectivity index (χ1) is 19.8. The molecule has 2 aliphatic heterocycles. The molecular weight excluding hydrogens is 569 g/mol. The summed E-state index contributed by atoms with van der Waals surface area (Å²) in [6.45, 7) is 0. The Morgan fingerprint density at radius 2 is 0.561 bits per heavy atom. The molecule has 2 N–H and O–H groups in total. The number of hydrogen-bond donors (Lipinski definition) is 2. The van der Waals surface area contributed by atoms with Gasteiger partial charge < -0.3 is 9.97 Å². The Morgan fingerprint density at radius 3 is 0.829 bits per heavy atom. The van der Waals surface area contributed by atoms with E-state index < -0.39 is 0 Å². The Balaban J connectivity index is 0.00000256. The van der Waals surface area contributed by atoms with Crippen LogP contribution >= 0.6 is 0 Å². The van der Waals surface area contributed by atoms with Crippen molar-refractivity contribution in [3.05, 3.63) is 97.1 Å². The average Bonchev–Trinajstić information content (AvgIpc) is 3.73. The Morgan fingerprint density at radius 1 is 0.317 bits per heavy atom. The molecule has 2 aliphatic rings. The number of aromatic nitrogens is 8. The van der Waals surface area contributed by atoms with Crippen molar-refractivity contribution in [3.8, 4) is 45.6 Å². The van der Waals surface area contributed by atoms with Crippen LogP contribution in [0.1, 0.15) is 0 Å². The van der Waals surface area contributed by atoms with Crippen LogP contribution in [0.25, 0.3) is 89.7 Å². The molecule has 9 heteroatoms. The van der Waals surface area contributed by atoms with E-state index in [2.05, 4.69) is 9.97 Å². The number of nitrogens with one attached hydrogen (secondary N) is 2. The van der Waals surface area contributed by atoms with Crippen molar-refractivity contribution in [2.75, 3.05) is 0 Å². The van der Waals surface area contributed by atoms with Crippen LogP contribution in [-0.2, 0) is 0 Å². The Kier molecular flexibility index (Phi) is 5.13. The number of fused-ring (bicyclic) bond motifs is 20. The minimum Gasteiger partial charge on any atom is -0.324 e. The van der Waals surface area contributed by atoms with Gasteiger partial charge in [-0.2, -0.15) is 0 Å². The van der Waals surface area contributed by atoms with Crippen molar-refractivity contribution >= 4 is 61.7 Å². The largest absolute Gasteiger partial charge is 4.00 e. The Bertz CT molecular complexity index is 2030. The second-order valence-electron chi connectivity index (χ2n) is 9.79. The topological polar surface area (TPSA) is 109 Å². The molecule has 8 bridgehead atoms. The molecule has 0 amide bonds. The van der Waals surface area contributed by atoms with E-state index in [4.69, 9.17) is 29.9 Å². The molecule has 0 radical (unpaired) electrons. The minimum atomic E-state index is 0. The maximum absolute atomic E-state index is 5.02. The zero-order valence-electron chi connectivity index (χ0n) is 21.4. The SMILES string of the molecule is [Ge+4].c1ccc2c(c1)-c1nc-2nc2[nH]c(nc3nc(nc4[nH]c(n1)c1ccccc41)-c1ccccc1-3)c1ccccc21. The second kappa shape index (κ2) is 8.90. The van der Waals surface area contributed by atoms with Gasteiger partial charge in [0.15, 0.2) is 23.3 Å². The molecular formula is C32H18GeN8+4. The van der Waals surface area contributed by atoms with Gasteiger partial charge in [-0.25, -0.2) is 29.9 Å². The van der Waals surface area contributed by atoms with E-state index in [9.17, 15) is 0 Å². The quantitative estimate of drug-likeness (QED) is 0.197. The zero-order chi connectivity index (χ0) is 26.2. The third-order valence-corrected chi connectivity index (χ3v) is 7.46. The third kappa shape index (κ3) is 3.54. The summed E-state index contributed by atoms with van der Waals surface area (Å²) in [5.74, 6) is 2.39. The number of rotatable bonds is 0. The van der Waals surface area contributed by atoms with Crippen molar-refractivity contribution in [1.29, 1.82) is 0 Å². The number of H-pyrrole nitrogens is 2. The van der Waals surface area contributed by atoms with Crippen LogP contribution < -0.4 is 0 Å². The van der Waals surface area contributed by atoms with Crippen LogP contribution in [-0.4, -0.2) is 57.5 Å². The van der Waals surface area contributed by atoms with Gasteiger partial charge in [0.05, 0.1) is 0 Å². The normalized spacial score (nSPS) is 11.7. The molecule has 0 saturated heterocycles. The molecule has 41 heavy (non-hydrogen) atoms. The van der Waals surface area contributed by atoms with Gasteiger partial charge in [0.2, 0.25) is 0 Å². The second-order valence-corrected chi connectivity index (χ2v) is 9.79. The van der Waals surface area contributed by atoms with Gasteiger partial charge in [-0.1, -0.05) is 97.1 Å². The van der Waals surface area contributed by atoms with Crippen LogP contribution in [0.3, 0.4) is 0 Å². The monoisotopic (exact) mass is 588 g/mol. The summed E-state index contributed by atoms with van der Waals surface area (Å²) in [4.78, 5) is 36.8. The van der Waals surface area contributed by atoms with E-state index in [-0.39, 0.29) is 17.6 Å². The van der Waals surface area contributed by atoms with E-state index in [0.717, 1.165) is 43.8 Å².